The van der Waals surface area contributed by atoms with Crippen molar-refractivity contribution < 1.29 is 0 Å². The van der Waals surface area contributed by atoms with Crippen molar-refractivity contribution in [3.05, 3.63) is 323 Å². The summed E-state index contributed by atoms with van der Waals surface area (Å²) < 4.78 is 4.77. The first kappa shape index (κ1) is 46.8. The molecule has 0 saturated carbocycles. The van der Waals surface area contributed by atoms with E-state index in [0.29, 0.717) is 0 Å². The van der Waals surface area contributed by atoms with Crippen LogP contribution in [0, 0.1) is 13.8 Å². The molecule has 2 aliphatic rings. The number of hydrogen-bond donors (Lipinski definition) is 0. The zero-order valence-electron chi connectivity index (χ0n) is 45.1. The van der Waals surface area contributed by atoms with Gasteiger partial charge in [-0.3, -0.25) is 0 Å². The van der Waals surface area contributed by atoms with E-state index in [1.54, 1.807) is 0 Å². The van der Waals surface area contributed by atoms with Crippen LogP contribution in [0.3, 0.4) is 0 Å². The van der Waals surface area contributed by atoms with Crippen LogP contribution in [-0.2, 0) is 5.41 Å². The summed E-state index contributed by atoms with van der Waals surface area (Å²) in [6.07, 6.45) is 9.09. The third kappa shape index (κ3) is 7.41. The van der Waals surface area contributed by atoms with Gasteiger partial charge in [0, 0.05) is 32.9 Å². The Labute approximate surface area is 472 Å². The molecular weight excluding hydrogens is 977 g/mol. The summed E-state index contributed by atoms with van der Waals surface area (Å²) in [6, 6.07) is 99.4. The van der Waals surface area contributed by atoms with Crippen LogP contribution in [0.15, 0.2) is 267 Å². The highest BCUT2D eigenvalue weighted by atomic mass is 15.0. The van der Waals surface area contributed by atoms with E-state index in [-0.39, 0.29) is 0 Å². The molecule has 0 amide bonds. The van der Waals surface area contributed by atoms with Crippen molar-refractivity contribution in [2.75, 3.05) is 0 Å². The maximum Gasteiger partial charge on any atom is 0.0725 e. The minimum Gasteiger partial charge on any atom is -0.309 e. The Morgan fingerprint density at radius 2 is 0.605 bits per heavy atom. The molecule has 0 unspecified atom stereocenters. The Bertz CT molecular complexity index is 4590. The van der Waals surface area contributed by atoms with Gasteiger partial charge >= 0.3 is 0 Å². The van der Waals surface area contributed by atoms with E-state index in [1.807, 2.05) is 0 Å². The van der Waals surface area contributed by atoms with Crippen LogP contribution in [0.4, 0.5) is 0 Å². The molecule has 14 aromatic rings. The van der Waals surface area contributed by atoms with Crippen LogP contribution in [-0.4, -0.2) is 9.13 Å². The molecule has 2 aliphatic carbocycles. The zero-order chi connectivity index (χ0) is 53.8. The lowest BCUT2D eigenvalue weighted by molar-refractivity contribution is 0.793. The second-order valence-corrected chi connectivity index (χ2v) is 22.2. The molecule has 0 fully saturated rings. The topological polar surface area (TPSA) is 9.86 Å². The number of aromatic nitrogens is 2. The van der Waals surface area contributed by atoms with Crippen molar-refractivity contribution in [2.24, 2.45) is 0 Å². The fraction of sp³-hybridized carbons (Fsp3) is 0.0380. The van der Waals surface area contributed by atoms with E-state index < -0.39 is 5.41 Å². The maximum absolute atomic E-state index is 2.46. The molecule has 1 spiro atoms. The summed E-state index contributed by atoms with van der Waals surface area (Å²) in [5, 5.41) is 5.05. The van der Waals surface area contributed by atoms with Crippen LogP contribution in [0.1, 0.15) is 55.6 Å². The SMILES string of the molecule is Cc1ccc(-n2c3ccccc3c3cc(-c4ccc(/C=C/c5ccc6c(c5)C5(c7ccccc7-c7ccccc75)c5cc(/C=C/c7ccc(-c8ccc9c(c8)c8ccccc8n9-c8ccc(C)cc8)cc7)ccc5-6)cc4)ccc32)cc1. The number of para-hydroxylation sites is 2. The molecule has 2 heterocycles. The van der Waals surface area contributed by atoms with Gasteiger partial charge in [0.05, 0.1) is 27.5 Å². The highest BCUT2D eigenvalue weighted by molar-refractivity contribution is 6.12. The molecule has 0 N–H and O–H groups in total. The summed E-state index contributed by atoms with van der Waals surface area (Å²) in [6.45, 7) is 4.28. The maximum atomic E-state index is 2.46. The largest absolute Gasteiger partial charge is 0.309 e. The first-order chi connectivity index (χ1) is 39.9. The van der Waals surface area contributed by atoms with E-state index >= 15 is 0 Å². The van der Waals surface area contributed by atoms with Gasteiger partial charge in [-0.2, -0.15) is 0 Å². The van der Waals surface area contributed by atoms with Crippen LogP contribution in [0.5, 0.6) is 0 Å². The minimum absolute atomic E-state index is 0.462. The average molecular weight is 1030 g/mol. The Hall–Kier alpha value is -10.3. The molecule has 81 heavy (non-hydrogen) atoms. The van der Waals surface area contributed by atoms with Crippen LogP contribution < -0.4 is 0 Å². The number of fused-ring (bicyclic) bond motifs is 16. The lowest BCUT2D eigenvalue weighted by Gasteiger charge is -2.30. The third-order valence-electron chi connectivity index (χ3n) is 17.5. The molecular formula is C79H54N2. The second-order valence-electron chi connectivity index (χ2n) is 22.2. The van der Waals surface area contributed by atoms with Gasteiger partial charge in [0.2, 0.25) is 0 Å². The number of aryl methyl sites for hydroxylation is 2. The molecule has 2 nitrogen and oxygen atoms in total. The van der Waals surface area contributed by atoms with Gasteiger partial charge in [-0.15, -0.1) is 0 Å². The minimum atomic E-state index is -0.462. The van der Waals surface area contributed by atoms with Gasteiger partial charge in [0.15, 0.2) is 0 Å². The van der Waals surface area contributed by atoms with E-state index in [1.165, 1.54) is 144 Å². The molecule has 2 heteroatoms. The Morgan fingerprint density at radius 3 is 1.05 bits per heavy atom. The van der Waals surface area contributed by atoms with Crippen LogP contribution in [0.2, 0.25) is 0 Å². The second kappa shape index (κ2) is 18.4. The number of benzene rings is 12. The van der Waals surface area contributed by atoms with Gasteiger partial charge in [-0.05, 0) is 176 Å². The average Bonchev–Trinajstić information content (AvgIpc) is 4.06. The van der Waals surface area contributed by atoms with Crippen LogP contribution in [0.25, 0.3) is 124 Å². The molecule has 380 valence electrons. The van der Waals surface area contributed by atoms with Gasteiger partial charge in [-0.25, -0.2) is 0 Å². The molecule has 16 rings (SSSR count). The van der Waals surface area contributed by atoms with Crippen molar-refractivity contribution >= 4 is 67.9 Å². The van der Waals surface area contributed by atoms with Crippen molar-refractivity contribution in [1.82, 2.24) is 9.13 Å². The fourth-order valence-corrected chi connectivity index (χ4v) is 13.6. The summed E-state index contributed by atoms with van der Waals surface area (Å²) in [7, 11) is 0. The molecule has 0 atom stereocenters. The molecule has 12 aromatic carbocycles. The number of nitrogens with zero attached hydrogens (tertiary/aromatic N) is 2. The van der Waals surface area contributed by atoms with Gasteiger partial charge in [0.1, 0.15) is 0 Å². The highest BCUT2D eigenvalue weighted by Gasteiger charge is 2.51. The van der Waals surface area contributed by atoms with Crippen molar-refractivity contribution in [3.63, 3.8) is 0 Å². The lowest BCUT2D eigenvalue weighted by Crippen LogP contribution is -2.26. The van der Waals surface area contributed by atoms with Gasteiger partial charge in [0.25, 0.3) is 0 Å². The fourth-order valence-electron chi connectivity index (χ4n) is 13.6. The number of rotatable bonds is 8. The quantitative estimate of drug-likeness (QED) is 0.134. The smallest absolute Gasteiger partial charge is 0.0725 e. The van der Waals surface area contributed by atoms with Crippen molar-refractivity contribution in [1.29, 1.82) is 0 Å². The van der Waals surface area contributed by atoms with Gasteiger partial charge < -0.3 is 9.13 Å². The standard InChI is InChI=1S/C79H54N2/c1-51-19-39-61(40-20-51)80-75-17-9-5-13-67(75)69-49-59(37-45-77(69)80)57-33-27-53(28-34-57)23-25-55-31-43-65-66-44-32-56(48-74(66)79(73(65)47-55)71-15-7-3-11-63(71)64-12-4-8-16-72(64)79)26-24-54-29-35-58(36-30-54)60-38-46-78-70(50-60)68-14-6-10-18-76(68)81(78)62-41-21-52(2)22-42-62/h3-50H,1-2H3/b25-23+,26-24+. The van der Waals surface area contributed by atoms with Crippen molar-refractivity contribution in [3.8, 4) is 55.9 Å². The van der Waals surface area contributed by atoms with Crippen LogP contribution >= 0.6 is 0 Å². The Morgan fingerprint density at radius 1 is 0.259 bits per heavy atom. The van der Waals surface area contributed by atoms with Crippen molar-refractivity contribution in [2.45, 2.75) is 19.3 Å². The lowest BCUT2D eigenvalue weighted by atomic mass is 9.70. The predicted molar refractivity (Wildman–Crippen MR) is 343 cm³/mol. The molecule has 0 saturated heterocycles. The van der Waals surface area contributed by atoms with E-state index in [2.05, 4.69) is 314 Å². The van der Waals surface area contributed by atoms with E-state index in [9.17, 15) is 0 Å². The summed E-state index contributed by atoms with van der Waals surface area (Å²) in [5.74, 6) is 0. The number of hydrogen-bond acceptors (Lipinski definition) is 0. The van der Waals surface area contributed by atoms with E-state index in [0.717, 1.165) is 11.1 Å². The Kier molecular flexibility index (Phi) is 10.6. The molecule has 0 radical (unpaired) electrons. The summed E-state index contributed by atoms with van der Waals surface area (Å²) in [4.78, 5) is 0. The molecule has 0 aliphatic heterocycles. The first-order valence-corrected chi connectivity index (χ1v) is 28.2. The summed E-state index contributed by atoms with van der Waals surface area (Å²) in [5.41, 5.74) is 29.4. The monoisotopic (exact) mass is 1030 g/mol. The summed E-state index contributed by atoms with van der Waals surface area (Å²) >= 11 is 0. The molecule has 2 aromatic heterocycles. The van der Waals surface area contributed by atoms with Gasteiger partial charge in [-0.1, -0.05) is 230 Å². The highest BCUT2D eigenvalue weighted by Crippen LogP contribution is 2.63. The van der Waals surface area contributed by atoms with E-state index in [4.69, 9.17) is 0 Å². The predicted octanol–water partition coefficient (Wildman–Crippen LogP) is 20.5. The third-order valence-corrected chi connectivity index (χ3v) is 17.5. The molecule has 0 bridgehead atoms. The normalized spacial score (nSPS) is 13.1. The first-order valence-electron chi connectivity index (χ1n) is 28.2. The Balaban J connectivity index is 0.706. The zero-order valence-corrected chi connectivity index (χ0v) is 45.1.